The predicted octanol–water partition coefficient (Wildman–Crippen LogP) is 2.26. The Labute approximate surface area is 120 Å². The molecule has 0 spiro atoms. The van der Waals surface area contributed by atoms with Gasteiger partial charge in [0.2, 0.25) is 0 Å². The first-order valence-corrected chi connectivity index (χ1v) is 7.30. The van der Waals surface area contributed by atoms with Crippen molar-refractivity contribution in [2.24, 2.45) is 0 Å². The van der Waals surface area contributed by atoms with Gasteiger partial charge < -0.3 is 10.1 Å². The van der Waals surface area contributed by atoms with Crippen LogP contribution in [0.15, 0.2) is 42.5 Å². The van der Waals surface area contributed by atoms with Crippen LogP contribution in [0.4, 0.5) is 0 Å². The van der Waals surface area contributed by atoms with E-state index in [0.29, 0.717) is 6.10 Å². The molecule has 3 rings (SSSR count). The van der Waals surface area contributed by atoms with Gasteiger partial charge in [-0.25, -0.2) is 0 Å². The summed E-state index contributed by atoms with van der Waals surface area (Å²) in [5.74, 6) is 0. The minimum atomic E-state index is 0.309. The Hall–Kier alpha value is -1.42. The van der Waals surface area contributed by atoms with Crippen molar-refractivity contribution in [2.75, 3.05) is 33.3 Å². The lowest BCUT2D eigenvalue weighted by Gasteiger charge is -2.28. The fraction of sp³-hybridized carbons (Fsp3) is 0.412. The van der Waals surface area contributed by atoms with E-state index in [2.05, 4.69) is 59.7 Å². The fourth-order valence-electron chi connectivity index (χ4n) is 2.87. The Morgan fingerprint density at radius 1 is 1.20 bits per heavy atom. The Kier molecular flexibility index (Phi) is 4.31. The van der Waals surface area contributed by atoms with Gasteiger partial charge in [-0.1, -0.05) is 42.5 Å². The zero-order valence-corrected chi connectivity index (χ0v) is 12.0. The zero-order chi connectivity index (χ0) is 13.8. The molecule has 0 saturated carbocycles. The Bertz CT molecular complexity index is 558. The molecule has 0 bridgehead atoms. The van der Waals surface area contributed by atoms with E-state index >= 15 is 0 Å². The Morgan fingerprint density at radius 3 is 2.90 bits per heavy atom. The maximum Gasteiger partial charge on any atom is 0.0826 e. The third-order valence-corrected chi connectivity index (χ3v) is 3.84. The van der Waals surface area contributed by atoms with Crippen LogP contribution in [0.1, 0.15) is 5.56 Å². The molecule has 0 aliphatic carbocycles. The average molecular weight is 270 g/mol. The van der Waals surface area contributed by atoms with E-state index in [-0.39, 0.29) is 0 Å². The second-order valence-electron chi connectivity index (χ2n) is 5.53. The van der Waals surface area contributed by atoms with Gasteiger partial charge in [0.1, 0.15) is 0 Å². The third-order valence-electron chi connectivity index (χ3n) is 3.84. The lowest BCUT2D eigenvalue weighted by molar-refractivity contribution is 0.00890. The molecule has 1 aliphatic rings. The number of benzene rings is 2. The van der Waals surface area contributed by atoms with E-state index in [1.165, 1.54) is 16.3 Å². The van der Waals surface area contributed by atoms with Crippen LogP contribution < -0.4 is 5.32 Å². The third kappa shape index (κ3) is 3.18. The standard InChI is InChI=1S/C17H22N2O/c1-19(13-16-11-18-9-10-20-16)12-15-7-4-6-14-5-2-3-8-17(14)15/h2-8,16,18H,9-13H2,1H3. The van der Waals surface area contributed by atoms with Crippen molar-refractivity contribution in [2.45, 2.75) is 12.6 Å². The van der Waals surface area contributed by atoms with Crippen molar-refractivity contribution < 1.29 is 4.74 Å². The largest absolute Gasteiger partial charge is 0.374 e. The van der Waals surface area contributed by atoms with Crippen LogP contribution in [0.25, 0.3) is 10.8 Å². The monoisotopic (exact) mass is 270 g/mol. The van der Waals surface area contributed by atoms with Gasteiger partial charge in [0.05, 0.1) is 12.7 Å². The quantitative estimate of drug-likeness (QED) is 0.922. The highest BCUT2D eigenvalue weighted by molar-refractivity contribution is 5.85. The molecular weight excluding hydrogens is 248 g/mol. The van der Waals surface area contributed by atoms with Gasteiger partial charge in [0, 0.05) is 26.2 Å². The summed E-state index contributed by atoms with van der Waals surface area (Å²) < 4.78 is 5.77. The van der Waals surface area contributed by atoms with Crippen LogP contribution in [0.2, 0.25) is 0 Å². The van der Waals surface area contributed by atoms with Crippen molar-refractivity contribution in [3.05, 3.63) is 48.0 Å². The highest BCUT2D eigenvalue weighted by atomic mass is 16.5. The van der Waals surface area contributed by atoms with Gasteiger partial charge in [-0.2, -0.15) is 0 Å². The van der Waals surface area contributed by atoms with Gasteiger partial charge in [-0.05, 0) is 23.4 Å². The molecule has 1 heterocycles. The summed E-state index contributed by atoms with van der Waals surface area (Å²) in [6.45, 7) is 4.69. The molecule has 2 aromatic carbocycles. The van der Waals surface area contributed by atoms with E-state index in [0.717, 1.165) is 32.8 Å². The first-order valence-electron chi connectivity index (χ1n) is 7.30. The first-order chi connectivity index (χ1) is 9.83. The van der Waals surface area contributed by atoms with Crippen LogP contribution in [-0.2, 0) is 11.3 Å². The minimum absolute atomic E-state index is 0.309. The SMILES string of the molecule is CN(Cc1cccc2ccccc12)CC1CNCCO1. The maximum atomic E-state index is 5.77. The second-order valence-corrected chi connectivity index (χ2v) is 5.53. The van der Waals surface area contributed by atoms with Crippen LogP contribution in [0.5, 0.6) is 0 Å². The lowest BCUT2D eigenvalue weighted by atomic mass is 10.0. The number of likely N-dealkylation sites (N-methyl/N-ethyl adjacent to an activating group) is 1. The van der Waals surface area contributed by atoms with E-state index in [1.54, 1.807) is 0 Å². The lowest BCUT2D eigenvalue weighted by Crippen LogP contribution is -2.44. The van der Waals surface area contributed by atoms with E-state index in [9.17, 15) is 0 Å². The van der Waals surface area contributed by atoms with E-state index in [4.69, 9.17) is 4.74 Å². The molecule has 3 nitrogen and oxygen atoms in total. The van der Waals surface area contributed by atoms with Gasteiger partial charge in [0.15, 0.2) is 0 Å². The number of morpholine rings is 1. The van der Waals surface area contributed by atoms with Gasteiger partial charge in [0.25, 0.3) is 0 Å². The van der Waals surface area contributed by atoms with Crippen molar-refractivity contribution in [1.82, 2.24) is 10.2 Å². The van der Waals surface area contributed by atoms with Crippen LogP contribution in [-0.4, -0.2) is 44.3 Å². The van der Waals surface area contributed by atoms with Gasteiger partial charge in [-0.15, -0.1) is 0 Å². The number of fused-ring (bicyclic) bond motifs is 1. The summed E-state index contributed by atoms with van der Waals surface area (Å²) in [7, 11) is 2.17. The summed E-state index contributed by atoms with van der Waals surface area (Å²) in [5, 5.41) is 6.05. The molecule has 1 aliphatic heterocycles. The summed E-state index contributed by atoms with van der Waals surface area (Å²) in [4.78, 5) is 2.35. The minimum Gasteiger partial charge on any atom is -0.374 e. The summed E-state index contributed by atoms with van der Waals surface area (Å²) in [5.41, 5.74) is 1.38. The molecule has 20 heavy (non-hydrogen) atoms. The van der Waals surface area contributed by atoms with Gasteiger partial charge >= 0.3 is 0 Å². The second kappa shape index (κ2) is 6.35. The van der Waals surface area contributed by atoms with Crippen LogP contribution >= 0.6 is 0 Å². The van der Waals surface area contributed by atoms with E-state index < -0.39 is 0 Å². The van der Waals surface area contributed by atoms with Crippen molar-refractivity contribution in [3.63, 3.8) is 0 Å². The smallest absolute Gasteiger partial charge is 0.0826 e. The zero-order valence-electron chi connectivity index (χ0n) is 12.0. The number of nitrogens with zero attached hydrogens (tertiary/aromatic N) is 1. The summed E-state index contributed by atoms with van der Waals surface area (Å²) in [6.07, 6.45) is 0.309. The van der Waals surface area contributed by atoms with E-state index in [1.807, 2.05) is 0 Å². The maximum absolute atomic E-state index is 5.77. The Morgan fingerprint density at radius 2 is 2.05 bits per heavy atom. The predicted molar refractivity (Wildman–Crippen MR) is 82.9 cm³/mol. The number of rotatable bonds is 4. The molecular formula is C17H22N2O. The van der Waals surface area contributed by atoms with Crippen molar-refractivity contribution >= 4 is 10.8 Å². The summed E-state index contributed by atoms with van der Waals surface area (Å²) >= 11 is 0. The van der Waals surface area contributed by atoms with Crippen molar-refractivity contribution in [3.8, 4) is 0 Å². The topological polar surface area (TPSA) is 24.5 Å². The average Bonchev–Trinajstić information content (AvgIpc) is 2.48. The van der Waals surface area contributed by atoms with Crippen molar-refractivity contribution in [1.29, 1.82) is 0 Å². The molecule has 1 N–H and O–H groups in total. The normalized spacial score (nSPS) is 19.6. The molecule has 1 atom stereocenters. The number of hydrogen-bond acceptors (Lipinski definition) is 3. The number of ether oxygens (including phenoxy) is 1. The van der Waals surface area contributed by atoms with Crippen LogP contribution in [0, 0.1) is 0 Å². The molecule has 0 radical (unpaired) electrons. The molecule has 3 heteroatoms. The number of hydrogen-bond donors (Lipinski definition) is 1. The number of nitrogens with one attached hydrogen (secondary N) is 1. The summed E-state index contributed by atoms with van der Waals surface area (Å²) in [6, 6.07) is 15.1. The van der Waals surface area contributed by atoms with Gasteiger partial charge in [-0.3, -0.25) is 4.90 Å². The molecule has 1 unspecified atom stereocenters. The molecule has 0 aromatic heterocycles. The molecule has 1 saturated heterocycles. The molecule has 106 valence electrons. The highest BCUT2D eigenvalue weighted by Gasteiger charge is 2.15. The Balaban J connectivity index is 1.69. The molecule has 1 fully saturated rings. The fourth-order valence-corrected chi connectivity index (χ4v) is 2.87. The molecule has 0 amide bonds. The first kappa shape index (κ1) is 13.6. The highest BCUT2D eigenvalue weighted by Crippen LogP contribution is 2.19. The van der Waals surface area contributed by atoms with Crippen LogP contribution in [0.3, 0.4) is 0 Å². The molecule has 2 aromatic rings.